The maximum Gasteiger partial charge on any atom is 0.139 e. The van der Waals surface area contributed by atoms with Crippen LogP contribution in [0.3, 0.4) is 0 Å². The highest BCUT2D eigenvalue weighted by Gasteiger charge is 2.19. The second-order valence-corrected chi connectivity index (χ2v) is 12.0. The van der Waals surface area contributed by atoms with E-state index in [1.807, 2.05) is 18.2 Å². The first-order valence-electron chi connectivity index (χ1n) is 15.7. The van der Waals surface area contributed by atoms with Crippen LogP contribution in [0.2, 0.25) is 0 Å². The van der Waals surface area contributed by atoms with Crippen molar-refractivity contribution in [2.45, 2.75) is 0 Å². The molecule has 0 fully saturated rings. The molecule has 46 heavy (non-hydrogen) atoms. The SMILES string of the molecule is c1ccc(-c2cccc(-c3c4ccccc4c(-c4ccc5c(c4)oc4cc6oc7ccccc7c6cc45)c4ccccc34)c2)cc1. The summed E-state index contributed by atoms with van der Waals surface area (Å²) in [6.07, 6.45) is 0. The van der Waals surface area contributed by atoms with E-state index in [0.29, 0.717) is 0 Å². The van der Waals surface area contributed by atoms with Crippen LogP contribution in [0.5, 0.6) is 0 Å². The van der Waals surface area contributed by atoms with Crippen molar-refractivity contribution < 1.29 is 8.83 Å². The Morgan fingerprint density at radius 2 is 0.717 bits per heavy atom. The van der Waals surface area contributed by atoms with Gasteiger partial charge in [0, 0.05) is 27.6 Å². The number of hydrogen-bond acceptors (Lipinski definition) is 2. The third kappa shape index (κ3) is 3.71. The van der Waals surface area contributed by atoms with Gasteiger partial charge in [0.25, 0.3) is 0 Å². The number of furan rings is 2. The number of fused-ring (bicyclic) bond motifs is 8. The van der Waals surface area contributed by atoms with Gasteiger partial charge in [0.05, 0.1) is 0 Å². The minimum atomic E-state index is 0.835. The van der Waals surface area contributed by atoms with Crippen LogP contribution in [0.15, 0.2) is 167 Å². The van der Waals surface area contributed by atoms with E-state index in [1.54, 1.807) is 0 Å². The number of rotatable bonds is 3. The molecule has 10 aromatic rings. The van der Waals surface area contributed by atoms with Gasteiger partial charge in [0.15, 0.2) is 0 Å². The molecule has 2 heterocycles. The quantitative estimate of drug-likeness (QED) is 0.193. The zero-order valence-corrected chi connectivity index (χ0v) is 24.8. The van der Waals surface area contributed by atoms with Gasteiger partial charge in [-0.1, -0.05) is 121 Å². The fraction of sp³-hybridized carbons (Fsp3) is 0. The van der Waals surface area contributed by atoms with Gasteiger partial charge in [-0.3, -0.25) is 0 Å². The lowest BCUT2D eigenvalue weighted by molar-refractivity contribution is 0.656. The maximum absolute atomic E-state index is 6.53. The van der Waals surface area contributed by atoms with Crippen LogP contribution in [0, 0.1) is 0 Å². The molecule has 0 amide bonds. The van der Waals surface area contributed by atoms with E-state index < -0.39 is 0 Å². The van der Waals surface area contributed by atoms with Crippen molar-refractivity contribution >= 4 is 65.4 Å². The van der Waals surface area contributed by atoms with Gasteiger partial charge in [-0.05, 0) is 85.3 Å². The summed E-state index contributed by atoms with van der Waals surface area (Å²) in [6, 6.07) is 56.2. The van der Waals surface area contributed by atoms with Crippen LogP contribution in [-0.4, -0.2) is 0 Å². The van der Waals surface area contributed by atoms with Crippen molar-refractivity contribution in [2.75, 3.05) is 0 Å². The standard InChI is InChI=1S/C44H26O2/c1-2-11-27(12-3-1)28-13-10-14-29(23-28)43-33-16-4-6-18-35(33)44(36-19-7-5-17-34(36)43)30-21-22-32-38-25-37-31-15-8-9-20-39(31)45-41(37)26-42(38)46-40(32)24-30/h1-26H. The summed E-state index contributed by atoms with van der Waals surface area (Å²) in [4.78, 5) is 0. The minimum Gasteiger partial charge on any atom is -0.456 e. The molecular formula is C44H26O2. The summed E-state index contributed by atoms with van der Waals surface area (Å²) in [5.74, 6) is 0. The van der Waals surface area contributed by atoms with Gasteiger partial charge in [0.2, 0.25) is 0 Å². The normalized spacial score (nSPS) is 11.9. The Kier molecular flexibility index (Phi) is 5.31. The van der Waals surface area contributed by atoms with E-state index >= 15 is 0 Å². The predicted octanol–water partition coefficient (Wildman–Crippen LogP) is 12.8. The van der Waals surface area contributed by atoms with Gasteiger partial charge in [-0.25, -0.2) is 0 Å². The molecule has 0 unspecified atom stereocenters. The van der Waals surface area contributed by atoms with Crippen molar-refractivity contribution in [1.29, 1.82) is 0 Å². The Hall–Kier alpha value is -6.12. The van der Waals surface area contributed by atoms with Crippen molar-refractivity contribution in [1.82, 2.24) is 0 Å². The average Bonchev–Trinajstić information content (AvgIpc) is 3.66. The van der Waals surface area contributed by atoms with Crippen LogP contribution >= 0.6 is 0 Å². The predicted molar refractivity (Wildman–Crippen MR) is 192 cm³/mol. The van der Waals surface area contributed by atoms with E-state index in [2.05, 4.69) is 140 Å². The van der Waals surface area contributed by atoms with Crippen LogP contribution in [-0.2, 0) is 0 Å². The van der Waals surface area contributed by atoms with Crippen LogP contribution < -0.4 is 0 Å². The molecule has 214 valence electrons. The van der Waals surface area contributed by atoms with Gasteiger partial charge in [0.1, 0.15) is 22.3 Å². The molecule has 0 saturated heterocycles. The summed E-state index contributed by atoms with van der Waals surface area (Å²) in [6.45, 7) is 0. The fourth-order valence-electron chi connectivity index (χ4n) is 7.39. The zero-order valence-electron chi connectivity index (χ0n) is 24.8. The highest BCUT2D eigenvalue weighted by Crippen LogP contribution is 2.45. The minimum absolute atomic E-state index is 0.835. The lowest BCUT2D eigenvalue weighted by Crippen LogP contribution is -1.91. The topological polar surface area (TPSA) is 26.3 Å². The Morgan fingerprint density at radius 3 is 1.39 bits per heavy atom. The molecule has 2 nitrogen and oxygen atoms in total. The Balaban J connectivity index is 1.21. The molecule has 0 aliphatic rings. The van der Waals surface area contributed by atoms with Crippen molar-refractivity contribution in [3.63, 3.8) is 0 Å². The van der Waals surface area contributed by atoms with Crippen molar-refractivity contribution in [2.24, 2.45) is 0 Å². The summed E-state index contributed by atoms with van der Waals surface area (Å²) < 4.78 is 12.7. The van der Waals surface area contributed by atoms with E-state index in [-0.39, 0.29) is 0 Å². The number of para-hydroxylation sites is 1. The van der Waals surface area contributed by atoms with Crippen LogP contribution in [0.25, 0.3) is 98.8 Å². The van der Waals surface area contributed by atoms with E-state index in [1.165, 1.54) is 49.4 Å². The third-order valence-electron chi connectivity index (χ3n) is 9.45. The van der Waals surface area contributed by atoms with Crippen molar-refractivity contribution in [3.8, 4) is 33.4 Å². The highest BCUT2D eigenvalue weighted by molar-refractivity contribution is 6.22. The Bertz CT molecular complexity index is 2740. The van der Waals surface area contributed by atoms with Gasteiger partial charge < -0.3 is 8.83 Å². The molecule has 0 aliphatic carbocycles. The largest absolute Gasteiger partial charge is 0.456 e. The lowest BCUT2D eigenvalue weighted by Gasteiger charge is -2.18. The summed E-state index contributed by atoms with van der Waals surface area (Å²) >= 11 is 0. The summed E-state index contributed by atoms with van der Waals surface area (Å²) in [7, 11) is 0. The molecule has 0 radical (unpaired) electrons. The molecule has 8 aromatic carbocycles. The first kappa shape index (κ1) is 25.2. The summed E-state index contributed by atoms with van der Waals surface area (Å²) in [5, 5.41) is 9.35. The zero-order chi connectivity index (χ0) is 30.2. The second-order valence-electron chi connectivity index (χ2n) is 12.0. The third-order valence-corrected chi connectivity index (χ3v) is 9.45. The molecule has 10 rings (SSSR count). The van der Waals surface area contributed by atoms with Crippen LogP contribution in [0.4, 0.5) is 0 Å². The molecule has 0 bridgehead atoms. The molecule has 2 heteroatoms. The van der Waals surface area contributed by atoms with Gasteiger partial charge in [-0.2, -0.15) is 0 Å². The van der Waals surface area contributed by atoms with Crippen LogP contribution in [0.1, 0.15) is 0 Å². The first-order chi connectivity index (χ1) is 22.8. The van der Waals surface area contributed by atoms with E-state index in [9.17, 15) is 0 Å². The molecule has 0 spiro atoms. The first-order valence-corrected chi connectivity index (χ1v) is 15.7. The van der Waals surface area contributed by atoms with E-state index in [0.717, 1.165) is 49.4 Å². The maximum atomic E-state index is 6.53. The molecule has 0 saturated carbocycles. The second kappa shape index (κ2) is 9.69. The Morgan fingerprint density at radius 1 is 0.239 bits per heavy atom. The fourth-order valence-corrected chi connectivity index (χ4v) is 7.39. The lowest BCUT2D eigenvalue weighted by atomic mass is 9.85. The van der Waals surface area contributed by atoms with Crippen molar-refractivity contribution in [3.05, 3.63) is 158 Å². The Labute approximate surface area is 264 Å². The van der Waals surface area contributed by atoms with E-state index in [4.69, 9.17) is 8.83 Å². The molecule has 0 atom stereocenters. The number of benzene rings is 8. The number of hydrogen-bond donors (Lipinski definition) is 0. The molecule has 0 N–H and O–H groups in total. The molecule has 2 aromatic heterocycles. The summed E-state index contributed by atoms with van der Waals surface area (Å²) in [5.41, 5.74) is 10.7. The highest BCUT2D eigenvalue weighted by atomic mass is 16.3. The molecular weight excluding hydrogens is 560 g/mol. The molecule has 0 aliphatic heterocycles. The average molecular weight is 587 g/mol. The van der Waals surface area contributed by atoms with Gasteiger partial charge >= 0.3 is 0 Å². The monoisotopic (exact) mass is 586 g/mol. The smallest absolute Gasteiger partial charge is 0.139 e. The van der Waals surface area contributed by atoms with Gasteiger partial charge in [-0.15, -0.1) is 0 Å².